The van der Waals surface area contributed by atoms with E-state index < -0.39 is 0 Å². The highest BCUT2D eigenvalue weighted by Crippen LogP contribution is 2.32. The second kappa shape index (κ2) is 8.13. The van der Waals surface area contributed by atoms with E-state index in [1.165, 1.54) is 4.90 Å². The molecule has 3 aromatic rings. The van der Waals surface area contributed by atoms with Crippen LogP contribution in [-0.2, 0) is 16.1 Å². The first-order valence-corrected chi connectivity index (χ1v) is 9.92. The summed E-state index contributed by atoms with van der Waals surface area (Å²) >= 11 is 6.06. The van der Waals surface area contributed by atoms with Crippen molar-refractivity contribution in [2.24, 2.45) is 0 Å². The molecule has 0 saturated heterocycles. The Labute approximate surface area is 180 Å². The highest BCUT2D eigenvalue weighted by atomic mass is 35.5. The first kappa shape index (κ1) is 19.9. The third-order valence-corrected chi connectivity index (χ3v) is 5.24. The maximum atomic E-state index is 13.3. The molecule has 5 nitrogen and oxygen atoms in total. The third-order valence-electron chi connectivity index (χ3n) is 5.00. The Kier molecular flexibility index (Phi) is 5.38. The van der Waals surface area contributed by atoms with Gasteiger partial charge in [0.1, 0.15) is 5.70 Å². The van der Waals surface area contributed by atoms with Crippen molar-refractivity contribution in [2.75, 3.05) is 5.32 Å². The molecule has 1 aromatic heterocycles. The first-order valence-electron chi connectivity index (χ1n) is 9.54. The molecule has 0 spiro atoms. The third kappa shape index (κ3) is 3.84. The van der Waals surface area contributed by atoms with Crippen LogP contribution in [0.5, 0.6) is 0 Å². The number of carbonyl (C=O) groups excluding carboxylic acids is 2. The lowest BCUT2D eigenvalue weighted by Gasteiger charge is -2.15. The van der Waals surface area contributed by atoms with Crippen LogP contribution in [0.15, 0.2) is 72.6 Å². The van der Waals surface area contributed by atoms with Gasteiger partial charge < -0.3 is 5.32 Å². The van der Waals surface area contributed by atoms with Crippen LogP contribution in [0.4, 0.5) is 5.69 Å². The fourth-order valence-electron chi connectivity index (χ4n) is 3.38. The zero-order valence-corrected chi connectivity index (χ0v) is 17.4. The van der Waals surface area contributed by atoms with Gasteiger partial charge in [-0.2, -0.15) is 0 Å². The molecule has 0 aliphatic carbocycles. The van der Waals surface area contributed by atoms with Crippen molar-refractivity contribution in [2.45, 2.75) is 20.4 Å². The zero-order valence-electron chi connectivity index (χ0n) is 16.6. The predicted molar refractivity (Wildman–Crippen MR) is 118 cm³/mol. The van der Waals surface area contributed by atoms with Gasteiger partial charge in [-0.15, -0.1) is 0 Å². The maximum absolute atomic E-state index is 13.3. The molecule has 0 unspecified atom stereocenters. The summed E-state index contributed by atoms with van der Waals surface area (Å²) < 4.78 is 0. The molecule has 2 aromatic carbocycles. The number of hydrogen-bond acceptors (Lipinski definition) is 4. The number of nitrogens with one attached hydrogen (secondary N) is 1. The summed E-state index contributed by atoms with van der Waals surface area (Å²) in [7, 11) is 0. The molecule has 1 aliphatic heterocycles. The molecule has 0 radical (unpaired) electrons. The van der Waals surface area contributed by atoms with Crippen molar-refractivity contribution in [3.05, 3.63) is 100.0 Å². The molecule has 4 rings (SSSR count). The van der Waals surface area contributed by atoms with Gasteiger partial charge >= 0.3 is 0 Å². The molecular weight excluding hydrogens is 398 g/mol. The molecule has 2 amide bonds. The first-order chi connectivity index (χ1) is 14.4. The second-order valence-electron chi connectivity index (χ2n) is 7.22. The lowest BCUT2D eigenvalue weighted by molar-refractivity contribution is -0.137. The van der Waals surface area contributed by atoms with Crippen LogP contribution in [0, 0.1) is 13.8 Å². The highest BCUT2D eigenvalue weighted by molar-refractivity contribution is 6.36. The summed E-state index contributed by atoms with van der Waals surface area (Å²) in [6, 6.07) is 18.3. The van der Waals surface area contributed by atoms with Crippen molar-refractivity contribution >= 4 is 34.7 Å². The van der Waals surface area contributed by atoms with Gasteiger partial charge in [0.25, 0.3) is 11.8 Å². The Hall–Kier alpha value is -3.44. The summed E-state index contributed by atoms with van der Waals surface area (Å²) in [6.07, 6.45) is 1.64. The minimum absolute atomic E-state index is 0.110. The Morgan fingerprint density at radius 3 is 2.40 bits per heavy atom. The molecule has 0 bridgehead atoms. The van der Waals surface area contributed by atoms with Gasteiger partial charge in [0.2, 0.25) is 0 Å². The van der Waals surface area contributed by atoms with Gasteiger partial charge in [0.15, 0.2) is 0 Å². The van der Waals surface area contributed by atoms with Crippen molar-refractivity contribution < 1.29 is 9.59 Å². The molecule has 2 heterocycles. The molecule has 30 heavy (non-hydrogen) atoms. The maximum Gasteiger partial charge on any atom is 0.278 e. The van der Waals surface area contributed by atoms with Gasteiger partial charge in [0, 0.05) is 16.9 Å². The average Bonchev–Trinajstić information content (AvgIpc) is 2.96. The Balaban J connectivity index is 1.76. The molecule has 1 aliphatic rings. The van der Waals surface area contributed by atoms with Crippen LogP contribution < -0.4 is 5.32 Å². The standard InChI is InChI=1S/C24H20ClN3O2/c1-15-6-8-17(9-7-15)21-22(27-20-11-10-18(25)13-16(20)2)24(30)28(23(21)29)14-19-5-3-4-12-26-19/h3-13,27H,14H2,1-2H3. The number of aromatic nitrogens is 1. The van der Waals surface area contributed by atoms with Crippen molar-refractivity contribution in [1.82, 2.24) is 9.88 Å². The van der Waals surface area contributed by atoms with Crippen LogP contribution in [0.25, 0.3) is 5.57 Å². The summed E-state index contributed by atoms with van der Waals surface area (Å²) in [4.78, 5) is 32.1. The molecule has 0 atom stereocenters. The minimum atomic E-state index is -0.379. The van der Waals surface area contributed by atoms with Gasteiger partial charge in [-0.1, -0.05) is 47.5 Å². The quantitative estimate of drug-likeness (QED) is 0.609. The smallest absolute Gasteiger partial charge is 0.278 e. The number of aryl methyl sites for hydroxylation is 2. The van der Waals surface area contributed by atoms with E-state index in [0.29, 0.717) is 21.9 Å². The largest absolute Gasteiger partial charge is 0.350 e. The lowest BCUT2D eigenvalue weighted by Crippen LogP contribution is -2.32. The number of anilines is 1. The molecule has 0 saturated carbocycles. The molecule has 1 N–H and O–H groups in total. The number of amides is 2. The molecular formula is C24H20ClN3O2. The van der Waals surface area contributed by atoms with E-state index in [1.807, 2.05) is 50.2 Å². The van der Waals surface area contributed by atoms with Crippen molar-refractivity contribution in [3.8, 4) is 0 Å². The van der Waals surface area contributed by atoms with E-state index in [1.54, 1.807) is 30.5 Å². The molecule has 6 heteroatoms. The van der Waals surface area contributed by atoms with Gasteiger partial charge in [0.05, 0.1) is 17.8 Å². The highest BCUT2D eigenvalue weighted by Gasteiger charge is 2.39. The number of rotatable bonds is 5. The number of benzene rings is 2. The summed E-state index contributed by atoms with van der Waals surface area (Å²) in [5, 5.41) is 3.79. The number of carbonyl (C=O) groups is 2. The lowest BCUT2D eigenvalue weighted by atomic mass is 10.0. The van der Waals surface area contributed by atoms with Crippen LogP contribution in [0.3, 0.4) is 0 Å². The van der Waals surface area contributed by atoms with Crippen molar-refractivity contribution in [1.29, 1.82) is 0 Å². The number of pyridine rings is 1. The van der Waals surface area contributed by atoms with E-state index in [4.69, 9.17) is 11.6 Å². The zero-order chi connectivity index (χ0) is 21.3. The van der Waals surface area contributed by atoms with Gasteiger partial charge in [-0.25, -0.2) is 0 Å². The van der Waals surface area contributed by atoms with Crippen LogP contribution in [0.1, 0.15) is 22.4 Å². The fourth-order valence-corrected chi connectivity index (χ4v) is 3.61. The average molecular weight is 418 g/mol. The fraction of sp³-hybridized carbons (Fsp3) is 0.125. The number of nitrogens with zero attached hydrogens (tertiary/aromatic N) is 2. The van der Waals surface area contributed by atoms with Crippen LogP contribution >= 0.6 is 11.6 Å². The van der Waals surface area contributed by atoms with Crippen molar-refractivity contribution in [3.63, 3.8) is 0 Å². The Morgan fingerprint density at radius 1 is 0.967 bits per heavy atom. The monoisotopic (exact) mass is 417 g/mol. The van der Waals surface area contributed by atoms with Gasteiger partial charge in [-0.05, 0) is 55.3 Å². The normalized spacial score (nSPS) is 13.9. The number of imide groups is 1. The van der Waals surface area contributed by atoms with E-state index >= 15 is 0 Å². The van der Waals surface area contributed by atoms with Gasteiger partial charge in [-0.3, -0.25) is 19.5 Å². The summed E-state index contributed by atoms with van der Waals surface area (Å²) in [6.45, 7) is 3.98. The van der Waals surface area contributed by atoms with E-state index in [-0.39, 0.29) is 24.1 Å². The summed E-state index contributed by atoms with van der Waals surface area (Å²) in [5.41, 5.74) is 4.62. The minimum Gasteiger partial charge on any atom is -0.350 e. The summed E-state index contributed by atoms with van der Waals surface area (Å²) in [5.74, 6) is -0.723. The molecule has 0 fully saturated rings. The van der Waals surface area contributed by atoms with E-state index in [2.05, 4.69) is 10.3 Å². The van der Waals surface area contributed by atoms with Crippen LogP contribution in [0.2, 0.25) is 5.02 Å². The predicted octanol–water partition coefficient (Wildman–Crippen LogP) is 4.74. The Bertz CT molecular complexity index is 1150. The topological polar surface area (TPSA) is 62.3 Å². The number of hydrogen-bond donors (Lipinski definition) is 1. The van der Waals surface area contributed by atoms with Crippen LogP contribution in [-0.4, -0.2) is 21.7 Å². The molecule has 150 valence electrons. The van der Waals surface area contributed by atoms with E-state index in [9.17, 15) is 9.59 Å². The van der Waals surface area contributed by atoms with E-state index in [0.717, 1.165) is 16.8 Å². The SMILES string of the molecule is Cc1ccc(C2=C(Nc3ccc(Cl)cc3C)C(=O)N(Cc3ccccn3)C2=O)cc1. The number of halogens is 1. The second-order valence-corrected chi connectivity index (χ2v) is 7.65. The Morgan fingerprint density at radius 2 is 1.73 bits per heavy atom.